The first-order valence-corrected chi connectivity index (χ1v) is 4.38. The van der Waals surface area contributed by atoms with E-state index in [9.17, 15) is 0 Å². The molecule has 0 saturated carbocycles. The van der Waals surface area contributed by atoms with Crippen LogP contribution in [0.3, 0.4) is 0 Å². The van der Waals surface area contributed by atoms with Gasteiger partial charge in [-0.3, -0.25) is 0 Å². The van der Waals surface area contributed by atoms with Crippen LogP contribution in [-0.4, -0.2) is 29.8 Å². The van der Waals surface area contributed by atoms with E-state index in [0.29, 0.717) is 6.54 Å². The Morgan fingerprint density at radius 1 is 1.46 bits per heavy atom. The van der Waals surface area contributed by atoms with Crippen molar-refractivity contribution in [1.82, 2.24) is 10.2 Å². The second kappa shape index (κ2) is 4.18. The fraction of sp³-hybridized carbons (Fsp3) is 0.556. The van der Waals surface area contributed by atoms with Crippen LogP contribution in [0.2, 0.25) is 0 Å². The minimum Gasteiger partial charge on any atom is -0.354 e. The van der Waals surface area contributed by atoms with Crippen LogP contribution in [0.5, 0.6) is 0 Å². The molecule has 1 aromatic heterocycles. The third kappa shape index (κ3) is 2.39. The molecular formula is C9H16N4. The van der Waals surface area contributed by atoms with Crippen molar-refractivity contribution in [2.75, 3.05) is 18.5 Å². The summed E-state index contributed by atoms with van der Waals surface area (Å²) >= 11 is 0. The largest absolute Gasteiger partial charge is 0.354 e. The highest BCUT2D eigenvalue weighted by atomic mass is 15.3. The van der Waals surface area contributed by atoms with Gasteiger partial charge in [0.15, 0.2) is 5.82 Å². The van der Waals surface area contributed by atoms with Gasteiger partial charge in [-0.1, -0.05) is 0 Å². The lowest BCUT2D eigenvalue weighted by molar-refractivity contribution is 0.681. The quantitative estimate of drug-likeness (QED) is 0.738. The van der Waals surface area contributed by atoms with E-state index in [1.54, 1.807) is 0 Å². The molecule has 4 nitrogen and oxygen atoms in total. The number of likely N-dealkylation sites (N-methyl/N-ethyl adjacent to an activating group) is 1. The molecule has 0 amide bonds. The second-order valence-corrected chi connectivity index (χ2v) is 3.23. The standard InChI is InChI=1S/C9H16N4/c1-7-4-5-9(12-11-7)13(3)8(2)6-10/h4-5,8H,6,10H2,1-3H3. The van der Waals surface area contributed by atoms with Crippen molar-refractivity contribution in [3.63, 3.8) is 0 Å². The third-order valence-corrected chi connectivity index (χ3v) is 2.15. The number of aromatic nitrogens is 2. The zero-order valence-corrected chi connectivity index (χ0v) is 8.36. The van der Waals surface area contributed by atoms with Gasteiger partial charge in [0.25, 0.3) is 0 Å². The van der Waals surface area contributed by atoms with Gasteiger partial charge in [0.05, 0.1) is 5.69 Å². The Balaban J connectivity index is 2.77. The number of hydrogen-bond donors (Lipinski definition) is 1. The van der Waals surface area contributed by atoms with Gasteiger partial charge in [-0.05, 0) is 26.0 Å². The Bertz CT molecular complexity index is 257. The lowest BCUT2D eigenvalue weighted by Crippen LogP contribution is -2.35. The first-order valence-electron chi connectivity index (χ1n) is 4.38. The molecule has 2 N–H and O–H groups in total. The monoisotopic (exact) mass is 180 g/mol. The van der Waals surface area contributed by atoms with E-state index in [2.05, 4.69) is 17.1 Å². The van der Waals surface area contributed by atoms with Gasteiger partial charge in [-0.2, -0.15) is 5.10 Å². The van der Waals surface area contributed by atoms with Crippen LogP contribution in [0.25, 0.3) is 0 Å². The number of hydrogen-bond acceptors (Lipinski definition) is 4. The van der Waals surface area contributed by atoms with Crippen LogP contribution >= 0.6 is 0 Å². The predicted octanol–water partition coefficient (Wildman–Crippen LogP) is 0.568. The summed E-state index contributed by atoms with van der Waals surface area (Å²) in [4.78, 5) is 2.02. The zero-order chi connectivity index (χ0) is 9.84. The summed E-state index contributed by atoms with van der Waals surface area (Å²) in [5.41, 5.74) is 6.48. The third-order valence-electron chi connectivity index (χ3n) is 2.15. The van der Waals surface area contributed by atoms with Gasteiger partial charge in [0.2, 0.25) is 0 Å². The molecule has 72 valence electrons. The van der Waals surface area contributed by atoms with Crippen LogP contribution in [0.4, 0.5) is 5.82 Å². The molecule has 0 spiro atoms. The highest BCUT2D eigenvalue weighted by Gasteiger charge is 2.08. The lowest BCUT2D eigenvalue weighted by atomic mass is 10.3. The Hall–Kier alpha value is -1.16. The molecule has 1 aromatic rings. The van der Waals surface area contributed by atoms with Crippen LogP contribution in [0.1, 0.15) is 12.6 Å². The number of nitrogens with zero attached hydrogens (tertiary/aromatic N) is 3. The summed E-state index contributed by atoms with van der Waals surface area (Å²) < 4.78 is 0. The van der Waals surface area contributed by atoms with Gasteiger partial charge in [0.1, 0.15) is 0 Å². The molecule has 1 heterocycles. The van der Waals surface area contributed by atoms with Crippen LogP contribution in [-0.2, 0) is 0 Å². The molecule has 1 atom stereocenters. The Labute approximate surface area is 78.8 Å². The van der Waals surface area contributed by atoms with Crippen molar-refractivity contribution >= 4 is 5.82 Å². The van der Waals surface area contributed by atoms with Crippen molar-refractivity contribution in [1.29, 1.82) is 0 Å². The molecule has 0 fully saturated rings. The summed E-state index contributed by atoms with van der Waals surface area (Å²) in [5.74, 6) is 0.864. The van der Waals surface area contributed by atoms with E-state index in [1.165, 1.54) is 0 Å². The number of nitrogens with two attached hydrogens (primary N) is 1. The van der Waals surface area contributed by atoms with Gasteiger partial charge < -0.3 is 10.6 Å². The molecule has 4 heteroatoms. The average Bonchev–Trinajstić information content (AvgIpc) is 2.17. The number of aryl methyl sites for hydroxylation is 1. The van der Waals surface area contributed by atoms with E-state index in [1.807, 2.05) is 31.0 Å². The molecule has 0 aliphatic rings. The zero-order valence-electron chi connectivity index (χ0n) is 8.36. The van der Waals surface area contributed by atoms with E-state index in [4.69, 9.17) is 5.73 Å². The van der Waals surface area contributed by atoms with E-state index < -0.39 is 0 Å². The topological polar surface area (TPSA) is 55.0 Å². The SMILES string of the molecule is Cc1ccc(N(C)C(C)CN)nn1. The molecule has 0 saturated heterocycles. The van der Waals surface area contributed by atoms with Gasteiger partial charge in [0, 0.05) is 19.6 Å². The molecule has 1 rings (SSSR count). The Morgan fingerprint density at radius 2 is 2.15 bits per heavy atom. The van der Waals surface area contributed by atoms with Gasteiger partial charge in [-0.15, -0.1) is 5.10 Å². The van der Waals surface area contributed by atoms with E-state index in [-0.39, 0.29) is 6.04 Å². The van der Waals surface area contributed by atoms with Crippen LogP contribution in [0, 0.1) is 6.92 Å². The fourth-order valence-corrected chi connectivity index (χ4v) is 0.964. The molecular weight excluding hydrogens is 164 g/mol. The first kappa shape index (κ1) is 9.92. The smallest absolute Gasteiger partial charge is 0.151 e. The highest BCUT2D eigenvalue weighted by Crippen LogP contribution is 2.09. The van der Waals surface area contributed by atoms with Crippen molar-refractivity contribution < 1.29 is 0 Å². The number of rotatable bonds is 3. The summed E-state index contributed by atoms with van der Waals surface area (Å²) in [6.07, 6.45) is 0. The molecule has 1 unspecified atom stereocenters. The minimum absolute atomic E-state index is 0.289. The van der Waals surface area contributed by atoms with Crippen molar-refractivity contribution in [3.8, 4) is 0 Å². The van der Waals surface area contributed by atoms with E-state index in [0.717, 1.165) is 11.5 Å². The summed E-state index contributed by atoms with van der Waals surface area (Å²) in [7, 11) is 1.97. The maximum atomic E-state index is 5.55. The average molecular weight is 180 g/mol. The summed E-state index contributed by atoms with van der Waals surface area (Å²) in [6.45, 7) is 4.59. The lowest BCUT2D eigenvalue weighted by Gasteiger charge is -2.23. The fourth-order valence-electron chi connectivity index (χ4n) is 0.964. The summed E-state index contributed by atoms with van der Waals surface area (Å²) in [5, 5.41) is 8.05. The first-order chi connectivity index (χ1) is 6.15. The second-order valence-electron chi connectivity index (χ2n) is 3.23. The molecule has 0 aromatic carbocycles. The Kier molecular flexibility index (Phi) is 3.19. The van der Waals surface area contributed by atoms with E-state index >= 15 is 0 Å². The van der Waals surface area contributed by atoms with Crippen LogP contribution < -0.4 is 10.6 Å². The molecule has 13 heavy (non-hydrogen) atoms. The van der Waals surface area contributed by atoms with Crippen molar-refractivity contribution in [2.45, 2.75) is 19.9 Å². The van der Waals surface area contributed by atoms with Gasteiger partial charge in [-0.25, -0.2) is 0 Å². The normalized spacial score (nSPS) is 12.6. The maximum absolute atomic E-state index is 5.55. The highest BCUT2D eigenvalue weighted by molar-refractivity contribution is 5.37. The molecule has 0 aliphatic carbocycles. The molecule has 0 bridgehead atoms. The molecule has 0 aliphatic heterocycles. The summed E-state index contributed by atoms with van der Waals surface area (Å²) in [6, 6.07) is 4.19. The number of anilines is 1. The predicted molar refractivity (Wildman–Crippen MR) is 53.7 cm³/mol. The maximum Gasteiger partial charge on any atom is 0.151 e. The Morgan fingerprint density at radius 3 is 2.62 bits per heavy atom. The van der Waals surface area contributed by atoms with Crippen molar-refractivity contribution in [2.24, 2.45) is 5.73 Å². The van der Waals surface area contributed by atoms with Crippen LogP contribution in [0.15, 0.2) is 12.1 Å². The van der Waals surface area contributed by atoms with Gasteiger partial charge >= 0.3 is 0 Å². The minimum atomic E-state index is 0.289. The molecule has 0 radical (unpaired) electrons. The van der Waals surface area contributed by atoms with Crippen molar-refractivity contribution in [3.05, 3.63) is 17.8 Å².